The molecule has 0 bridgehead atoms. The molecule has 1 fully saturated rings. The van der Waals surface area contributed by atoms with E-state index in [-0.39, 0.29) is 11.6 Å². The molecule has 1 rings (SSSR count). The van der Waals surface area contributed by atoms with E-state index >= 15 is 0 Å². The molecule has 3 nitrogen and oxygen atoms in total. The topological polar surface area (TPSA) is 32.3 Å². The Labute approximate surface area is 93.2 Å². The molecule has 2 amide bonds. The van der Waals surface area contributed by atoms with Gasteiger partial charge in [-0.1, -0.05) is 20.8 Å². The number of nitrogens with zero attached hydrogens (tertiary/aromatic N) is 1. The van der Waals surface area contributed by atoms with Crippen molar-refractivity contribution in [1.29, 1.82) is 0 Å². The Balaban J connectivity index is 2.53. The molecule has 0 spiro atoms. The van der Waals surface area contributed by atoms with Gasteiger partial charge in [-0.05, 0) is 32.1 Å². The third-order valence-corrected chi connectivity index (χ3v) is 3.80. The maximum Gasteiger partial charge on any atom is 0.317 e. The molecule has 15 heavy (non-hydrogen) atoms. The molecule has 0 aromatic rings. The average Bonchev–Trinajstić information content (AvgIpc) is 2.79. The Kier molecular flexibility index (Phi) is 4.43. The molecule has 0 unspecified atom stereocenters. The number of amides is 2. The largest absolute Gasteiger partial charge is 0.333 e. The van der Waals surface area contributed by atoms with Crippen LogP contribution in [0.1, 0.15) is 52.9 Å². The molecule has 0 saturated carbocycles. The molecule has 1 aliphatic rings. The van der Waals surface area contributed by atoms with E-state index in [1.165, 1.54) is 0 Å². The van der Waals surface area contributed by atoms with Crippen molar-refractivity contribution in [2.24, 2.45) is 0 Å². The van der Waals surface area contributed by atoms with Crippen molar-refractivity contribution in [3.05, 3.63) is 0 Å². The van der Waals surface area contributed by atoms with Gasteiger partial charge in [0.05, 0.1) is 0 Å². The van der Waals surface area contributed by atoms with E-state index in [0.717, 1.165) is 45.2 Å². The Hall–Kier alpha value is -0.730. The third-order valence-electron chi connectivity index (χ3n) is 3.80. The number of hydrogen-bond donors (Lipinski definition) is 1. The third kappa shape index (κ3) is 2.86. The van der Waals surface area contributed by atoms with Gasteiger partial charge in [-0.25, -0.2) is 4.79 Å². The molecule has 0 aromatic carbocycles. The zero-order chi connectivity index (χ0) is 11.3. The van der Waals surface area contributed by atoms with Crippen LogP contribution in [0.2, 0.25) is 0 Å². The highest BCUT2D eigenvalue weighted by atomic mass is 16.2. The molecule has 1 heterocycles. The van der Waals surface area contributed by atoms with E-state index in [1.54, 1.807) is 0 Å². The van der Waals surface area contributed by atoms with Crippen LogP contribution in [-0.2, 0) is 0 Å². The molecule has 1 aliphatic heterocycles. The summed E-state index contributed by atoms with van der Waals surface area (Å²) < 4.78 is 0. The molecule has 1 N–H and O–H groups in total. The van der Waals surface area contributed by atoms with E-state index in [0.29, 0.717) is 0 Å². The van der Waals surface area contributed by atoms with Crippen molar-refractivity contribution in [3.63, 3.8) is 0 Å². The van der Waals surface area contributed by atoms with Gasteiger partial charge in [0.1, 0.15) is 0 Å². The molecular weight excluding hydrogens is 188 g/mol. The molecule has 0 aliphatic carbocycles. The zero-order valence-corrected chi connectivity index (χ0v) is 10.3. The summed E-state index contributed by atoms with van der Waals surface area (Å²) in [6.07, 6.45) is 5.36. The second-order valence-corrected chi connectivity index (χ2v) is 4.47. The van der Waals surface area contributed by atoms with Crippen molar-refractivity contribution in [2.75, 3.05) is 13.1 Å². The molecule has 3 heteroatoms. The second-order valence-electron chi connectivity index (χ2n) is 4.47. The van der Waals surface area contributed by atoms with Gasteiger partial charge in [-0.15, -0.1) is 0 Å². The van der Waals surface area contributed by atoms with Gasteiger partial charge in [0, 0.05) is 18.6 Å². The predicted octanol–water partition coefficient (Wildman–Crippen LogP) is 2.76. The van der Waals surface area contributed by atoms with Crippen LogP contribution in [0.25, 0.3) is 0 Å². The minimum Gasteiger partial charge on any atom is -0.333 e. The molecule has 0 atom stereocenters. The van der Waals surface area contributed by atoms with E-state index in [4.69, 9.17) is 0 Å². The van der Waals surface area contributed by atoms with Crippen LogP contribution in [0.4, 0.5) is 4.79 Å². The maximum absolute atomic E-state index is 12.0. The summed E-state index contributed by atoms with van der Waals surface area (Å²) in [4.78, 5) is 13.9. The summed E-state index contributed by atoms with van der Waals surface area (Å²) in [7, 11) is 0. The SMILES string of the molecule is CCC(CC)(CC)NC(=O)N1CCCC1. The maximum atomic E-state index is 12.0. The van der Waals surface area contributed by atoms with Crippen molar-refractivity contribution in [1.82, 2.24) is 10.2 Å². The van der Waals surface area contributed by atoms with Crippen molar-refractivity contribution < 1.29 is 4.79 Å². The summed E-state index contributed by atoms with van der Waals surface area (Å²) in [5, 5.41) is 3.21. The normalized spacial score (nSPS) is 16.9. The first kappa shape index (κ1) is 12.3. The zero-order valence-electron chi connectivity index (χ0n) is 10.3. The van der Waals surface area contributed by atoms with E-state index < -0.39 is 0 Å². The van der Waals surface area contributed by atoms with Crippen molar-refractivity contribution in [2.45, 2.75) is 58.4 Å². The monoisotopic (exact) mass is 212 g/mol. The quantitative estimate of drug-likeness (QED) is 0.763. The van der Waals surface area contributed by atoms with Gasteiger partial charge in [0.25, 0.3) is 0 Å². The van der Waals surface area contributed by atoms with Gasteiger partial charge >= 0.3 is 6.03 Å². The molecule has 1 saturated heterocycles. The van der Waals surface area contributed by atoms with Crippen molar-refractivity contribution in [3.8, 4) is 0 Å². The highest BCUT2D eigenvalue weighted by Gasteiger charge is 2.28. The lowest BCUT2D eigenvalue weighted by atomic mass is 9.90. The molecule has 0 radical (unpaired) electrons. The highest BCUT2D eigenvalue weighted by Crippen LogP contribution is 2.20. The number of hydrogen-bond acceptors (Lipinski definition) is 1. The second kappa shape index (κ2) is 5.38. The fraction of sp³-hybridized carbons (Fsp3) is 0.917. The van der Waals surface area contributed by atoms with Crippen LogP contribution in [0.15, 0.2) is 0 Å². The highest BCUT2D eigenvalue weighted by molar-refractivity contribution is 5.75. The Morgan fingerprint density at radius 3 is 2.00 bits per heavy atom. The average molecular weight is 212 g/mol. The summed E-state index contributed by atoms with van der Waals surface area (Å²) in [5.41, 5.74) is 0.0136. The van der Waals surface area contributed by atoms with Crippen LogP contribution < -0.4 is 5.32 Å². The van der Waals surface area contributed by atoms with Gasteiger partial charge in [0.2, 0.25) is 0 Å². The minimum atomic E-state index is 0.0136. The number of urea groups is 1. The minimum absolute atomic E-state index is 0.0136. The lowest BCUT2D eigenvalue weighted by Gasteiger charge is -2.33. The first-order chi connectivity index (χ1) is 7.17. The Morgan fingerprint density at radius 1 is 1.13 bits per heavy atom. The van der Waals surface area contributed by atoms with Crippen LogP contribution >= 0.6 is 0 Å². The van der Waals surface area contributed by atoms with Crippen molar-refractivity contribution >= 4 is 6.03 Å². The van der Waals surface area contributed by atoms with Crippen LogP contribution in [0, 0.1) is 0 Å². The number of carbonyl (C=O) groups excluding carboxylic acids is 1. The standard InChI is InChI=1S/C12H24N2O/c1-4-12(5-2,6-3)13-11(15)14-9-7-8-10-14/h4-10H2,1-3H3,(H,13,15). The first-order valence-corrected chi connectivity index (χ1v) is 6.24. The number of carbonyl (C=O) groups is 1. The number of rotatable bonds is 4. The van der Waals surface area contributed by atoms with Gasteiger partial charge in [-0.3, -0.25) is 0 Å². The number of nitrogens with one attached hydrogen (secondary N) is 1. The van der Waals surface area contributed by atoms with Gasteiger partial charge in [-0.2, -0.15) is 0 Å². The Bertz CT molecular complexity index is 197. The lowest BCUT2D eigenvalue weighted by Crippen LogP contribution is -2.51. The van der Waals surface area contributed by atoms with E-state index in [2.05, 4.69) is 26.1 Å². The smallest absolute Gasteiger partial charge is 0.317 e. The summed E-state index contributed by atoms with van der Waals surface area (Å²) in [6, 6.07) is 0.137. The molecule has 0 aromatic heterocycles. The van der Waals surface area contributed by atoms with E-state index in [1.807, 2.05) is 4.90 Å². The lowest BCUT2D eigenvalue weighted by molar-refractivity contribution is 0.187. The number of likely N-dealkylation sites (tertiary alicyclic amines) is 1. The fourth-order valence-corrected chi connectivity index (χ4v) is 2.24. The predicted molar refractivity (Wildman–Crippen MR) is 62.9 cm³/mol. The van der Waals surface area contributed by atoms with E-state index in [9.17, 15) is 4.79 Å². The van der Waals surface area contributed by atoms with Gasteiger partial charge in [0.15, 0.2) is 0 Å². The summed E-state index contributed by atoms with van der Waals surface area (Å²) >= 11 is 0. The van der Waals surface area contributed by atoms with Crippen LogP contribution in [0.3, 0.4) is 0 Å². The first-order valence-electron chi connectivity index (χ1n) is 6.24. The van der Waals surface area contributed by atoms with Crippen LogP contribution in [-0.4, -0.2) is 29.6 Å². The van der Waals surface area contributed by atoms with Crippen LogP contribution in [0.5, 0.6) is 0 Å². The molecule has 88 valence electrons. The summed E-state index contributed by atoms with van der Waals surface area (Å²) in [5.74, 6) is 0. The van der Waals surface area contributed by atoms with Gasteiger partial charge < -0.3 is 10.2 Å². The molecular formula is C12H24N2O. The Morgan fingerprint density at radius 2 is 1.60 bits per heavy atom. The fourth-order valence-electron chi connectivity index (χ4n) is 2.24. The summed E-state index contributed by atoms with van der Waals surface area (Å²) in [6.45, 7) is 8.31.